The maximum absolute atomic E-state index is 11.1. The highest BCUT2D eigenvalue weighted by Gasteiger charge is 2.18. The maximum Gasteiger partial charge on any atom is 0.344 e. The van der Waals surface area contributed by atoms with E-state index in [9.17, 15) is 4.79 Å². The molecule has 0 saturated carbocycles. The summed E-state index contributed by atoms with van der Waals surface area (Å²) in [5.74, 6) is -0.340. The van der Waals surface area contributed by atoms with Crippen molar-refractivity contribution in [1.29, 1.82) is 0 Å². The SMILES string of the molecule is CC[C@H](Oc1ccccc1-c1ccccc1)C(=O)O. The molecule has 0 aliphatic carbocycles. The van der Waals surface area contributed by atoms with Crippen LogP contribution in [0.2, 0.25) is 0 Å². The average Bonchev–Trinajstić information content (AvgIpc) is 2.45. The summed E-state index contributed by atoms with van der Waals surface area (Å²) in [4.78, 5) is 11.1. The second-order valence-electron chi connectivity index (χ2n) is 4.22. The Kier molecular flexibility index (Phi) is 4.18. The van der Waals surface area contributed by atoms with E-state index in [1.807, 2.05) is 48.5 Å². The van der Waals surface area contributed by atoms with Gasteiger partial charge in [0.1, 0.15) is 5.75 Å². The van der Waals surface area contributed by atoms with Crippen LogP contribution in [0.1, 0.15) is 13.3 Å². The molecule has 0 unspecified atom stereocenters. The summed E-state index contributed by atoms with van der Waals surface area (Å²) in [5.41, 5.74) is 1.92. The molecule has 0 saturated heterocycles. The molecule has 0 heterocycles. The first-order chi connectivity index (χ1) is 9.22. The van der Waals surface area contributed by atoms with E-state index >= 15 is 0 Å². The summed E-state index contributed by atoms with van der Waals surface area (Å²) in [6.07, 6.45) is -0.386. The number of hydrogen-bond donors (Lipinski definition) is 1. The molecule has 0 radical (unpaired) electrons. The largest absolute Gasteiger partial charge is 0.479 e. The van der Waals surface area contributed by atoms with Gasteiger partial charge in [0, 0.05) is 5.56 Å². The van der Waals surface area contributed by atoms with E-state index in [0.29, 0.717) is 12.2 Å². The zero-order valence-corrected chi connectivity index (χ0v) is 10.7. The Balaban J connectivity index is 2.34. The highest BCUT2D eigenvalue weighted by atomic mass is 16.5. The first-order valence-electron chi connectivity index (χ1n) is 6.26. The van der Waals surface area contributed by atoms with Gasteiger partial charge in [-0.2, -0.15) is 0 Å². The van der Waals surface area contributed by atoms with E-state index in [-0.39, 0.29) is 0 Å². The minimum atomic E-state index is -0.939. The molecule has 2 aromatic rings. The van der Waals surface area contributed by atoms with Crippen molar-refractivity contribution in [1.82, 2.24) is 0 Å². The standard InChI is InChI=1S/C16H16O3/c1-2-14(16(17)18)19-15-11-7-6-10-13(15)12-8-4-3-5-9-12/h3-11,14H,2H2,1H3,(H,17,18)/t14-/m0/s1. The zero-order chi connectivity index (χ0) is 13.7. The van der Waals surface area contributed by atoms with Gasteiger partial charge in [-0.1, -0.05) is 55.5 Å². The Labute approximate surface area is 112 Å². The molecule has 1 atom stereocenters. The Bertz CT molecular complexity index is 549. The van der Waals surface area contributed by atoms with Gasteiger partial charge < -0.3 is 9.84 Å². The summed E-state index contributed by atoms with van der Waals surface area (Å²) in [6.45, 7) is 1.80. The molecular weight excluding hydrogens is 240 g/mol. The van der Waals surface area contributed by atoms with Crippen LogP contribution in [0.25, 0.3) is 11.1 Å². The third-order valence-electron chi connectivity index (χ3n) is 2.89. The molecule has 0 aliphatic heterocycles. The first kappa shape index (κ1) is 13.1. The molecule has 0 aromatic heterocycles. The zero-order valence-electron chi connectivity index (χ0n) is 10.7. The van der Waals surface area contributed by atoms with E-state index in [1.54, 1.807) is 13.0 Å². The van der Waals surface area contributed by atoms with Crippen molar-refractivity contribution in [2.45, 2.75) is 19.4 Å². The predicted octanol–water partition coefficient (Wildman–Crippen LogP) is 3.60. The minimum Gasteiger partial charge on any atom is -0.479 e. The number of hydrogen-bond acceptors (Lipinski definition) is 2. The second-order valence-corrected chi connectivity index (χ2v) is 4.22. The summed E-state index contributed by atoms with van der Waals surface area (Å²) < 4.78 is 5.61. The van der Waals surface area contributed by atoms with E-state index in [0.717, 1.165) is 11.1 Å². The number of aliphatic carboxylic acids is 1. The molecule has 19 heavy (non-hydrogen) atoms. The van der Waals surface area contributed by atoms with Gasteiger partial charge >= 0.3 is 5.97 Å². The van der Waals surface area contributed by atoms with E-state index in [4.69, 9.17) is 9.84 Å². The normalized spacial score (nSPS) is 11.8. The molecule has 1 N–H and O–H groups in total. The lowest BCUT2D eigenvalue weighted by Crippen LogP contribution is -2.26. The van der Waals surface area contributed by atoms with Crippen LogP contribution in [0, 0.1) is 0 Å². The number of para-hydroxylation sites is 1. The average molecular weight is 256 g/mol. The van der Waals surface area contributed by atoms with Crippen molar-refractivity contribution in [3.05, 3.63) is 54.6 Å². The summed E-state index contributed by atoms with van der Waals surface area (Å²) in [6, 6.07) is 17.3. The number of benzene rings is 2. The van der Waals surface area contributed by atoms with Gasteiger partial charge in [0.2, 0.25) is 0 Å². The van der Waals surface area contributed by atoms with Crippen LogP contribution in [0.3, 0.4) is 0 Å². The third-order valence-corrected chi connectivity index (χ3v) is 2.89. The summed E-state index contributed by atoms with van der Waals surface area (Å²) in [5, 5.41) is 9.07. The fraction of sp³-hybridized carbons (Fsp3) is 0.188. The van der Waals surface area contributed by atoms with Crippen LogP contribution in [-0.4, -0.2) is 17.2 Å². The van der Waals surface area contributed by atoms with Gasteiger partial charge in [-0.05, 0) is 18.1 Å². The van der Waals surface area contributed by atoms with Crippen molar-refractivity contribution in [2.24, 2.45) is 0 Å². The second kappa shape index (κ2) is 6.05. The Morgan fingerprint density at radius 3 is 2.37 bits per heavy atom. The van der Waals surface area contributed by atoms with Crippen LogP contribution in [0.15, 0.2) is 54.6 Å². The van der Waals surface area contributed by atoms with Crippen molar-refractivity contribution in [3.8, 4) is 16.9 Å². The molecule has 0 bridgehead atoms. The van der Waals surface area contributed by atoms with Crippen LogP contribution in [-0.2, 0) is 4.79 Å². The minimum absolute atomic E-state index is 0.429. The first-order valence-corrected chi connectivity index (χ1v) is 6.26. The number of ether oxygens (including phenoxy) is 1. The van der Waals surface area contributed by atoms with Crippen molar-refractivity contribution < 1.29 is 14.6 Å². The fourth-order valence-corrected chi connectivity index (χ4v) is 1.89. The lowest BCUT2D eigenvalue weighted by atomic mass is 10.0. The number of carboxylic acids is 1. The van der Waals surface area contributed by atoms with Crippen LogP contribution >= 0.6 is 0 Å². The van der Waals surface area contributed by atoms with Gasteiger partial charge in [0.05, 0.1) is 0 Å². The quantitative estimate of drug-likeness (QED) is 0.889. The van der Waals surface area contributed by atoms with Crippen LogP contribution in [0.5, 0.6) is 5.75 Å². The highest BCUT2D eigenvalue weighted by molar-refractivity contribution is 5.74. The van der Waals surface area contributed by atoms with Crippen molar-refractivity contribution in [3.63, 3.8) is 0 Å². The predicted molar refractivity (Wildman–Crippen MR) is 74.2 cm³/mol. The highest BCUT2D eigenvalue weighted by Crippen LogP contribution is 2.30. The fourth-order valence-electron chi connectivity index (χ4n) is 1.89. The molecule has 0 fully saturated rings. The maximum atomic E-state index is 11.1. The monoisotopic (exact) mass is 256 g/mol. The molecule has 2 aromatic carbocycles. The van der Waals surface area contributed by atoms with Gasteiger partial charge in [-0.15, -0.1) is 0 Å². The molecular formula is C16H16O3. The molecule has 0 aliphatic rings. The molecule has 98 valence electrons. The van der Waals surface area contributed by atoms with Gasteiger partial charge in [-0.3, -0.25) is 0 Å². The summed E-state index contributed by atoms with van der Waals surface area (Å²) in [7, 11) is 0. The Hall–Kier alpha value is -2.29. The van der Waals surface area contributed by atoms with Crippen LogP contribution < -0.4 is 4.74 Å². The number of carboxylic acid groups (broad SMARTS) is 1. The van der Waals surface area contributed by atoms with Gasteiger partial charge in [0.25, 0.3) is 0 Å². The summed E-state index contributed by atoms with van der Waals surface area (Å²) >= 11 is 0. The third kappa shape index (κ3) is 3.13. The lowest BCUT2D eigenvalue weighted by molar-refractivity contribution is -0.145. The Morgan fingerprint density at radius 2 is 1.74 bits per heavy atom. The van der Waals surface area contributed by atoms with E-state index in [2.05, 4.69) is 0 Å². The Morgan fingerprint density at radius 1 is 1.11 bits per heavy atom. The smallest absolute Gasteiger partial charge is 0.344 e. The van der Waals surface area contributed by atoms with Crippen LogP contribution in [0.4, 0.5) is 0 Å². The molecule has 3 nitrogen and oxygen atoms in total. The molecule has 0 spiro atoms. The number of carbonyl (C=O) groups is 1. The number of rotatable bonds is 5. The molecule has 2 rings (SSSR count). The van der Waals surface area contributed by atoms with Crippen molar-refractivity contribution >= 4 is 5.97 Å². The van der Waals surface area contributed by atoms with E-state index < -0.39 is 12.1 Å². The molecule has 0 amide bonds. The molecule has 3 heteroatoms. The van der Waals surface area contributed by atoms with Gasteiger partial charge in [0.15, 0.2) is 6.10 Å². The van der Waals surface area contributed by atoms with Crippen molar-refractivity contribution in [2.75, 3.05) is 0 Å². The van der Waals surface area contributed by atoms with E-state index in [1.165, 1.54) is 0 Å². The van der Waals surface area contributed by atoms with Gasteiger partial charge in [-0.25, -0.2) is 4.79 Å². The topological polar surface area (TPSA) is 46.5 Å². The lowest BCUT2D eigenvalue weighted by Gasteiger charge is -2.16.